The number of fused-ring (bicyclic) bond motifs is 4. The van der Waals surface area contributed by atoms with E-state index in [1.165, 1.54) is 18.3 Å². The molecule has 0 aliphatic carbocycles. The summed E-state index contributed by atoms with van der Waals surface area (Å²) in [4.78, 5) is 25.7. The van der Waals surface area contributed by atoms with Crippen LogP contribution in [-0.2, 0) is 0 Å². The molecule has 0 bridgehead atoms. The van der Waals surface area contributed by atoms with Crippen LogP contribution in [-0.4, -0.2) is 19.5 Å². The monoisotopic (exact) mass is 418 g/mol. The maximum atomic E-state index is 13.4. The highest BCUT2D eigenvalue weighted by molar-refractivity contribution is 6.05. The Balaban J connectivity index is 1.66. The molecule has 0 fully saturated rings. The normalized spacial score (nSPS) is 11.4. The fourth-order valence-corrected chi connectivity index (χ4v) is 4.08. The van der Waals surface area contributed by atoms with Crippen LogP contribution in [0.15, 0.2) is 96.2 Å². The fourth-order valence-electron chi connectivity index (χ4n) is 4.08. The molecule has 0 aliphatic rings. The molecule has 0 spiro atoms. The molecule has 32 heavy (non-hydrogen) atoms. The van der Waals surface area contributed by atoms with E-state index in [9.17, 15) is 9.18 Å². The highest BCUT2D eigenvalue weighted by Gasteiger charge is 2.12. The van der Waals surface area contributed by atoms with E-state index >= 15 is 0 Å². The number of hydrogen-bond donors (Lipinski definition) is 0. The van der Waals surface area contributed by atoms with E-state index in [2.05, 4.69) is 21.0 Å². The minimum absolute atomic E-state index is 0.226. The molecule has 6 heteroatoms. The van der Waals surface area contributed by atoms with Crippen LogP contribution in [0.5, 0.6) is 0 Å². The maximum Gasteiger partial charge on any atom is 0.255 e. The number of pyridine rings is 4. The van der Waals surface area contributed by atoms with Gasteiger partial charge in [0.05, 0.1) is 28.4 Å². The zero-order chi connectivity index (χ0) is 21.7. The van der Waals surface area contributed by atoms with Crippen molar-refractivity contribution < 1.29 is 4.39 Å². The Kier molecular flexibility index (Phi) is 4.04. The van der Waals surface area contributed by atoms with Crippen molar-refractivity contribution in [1.29, 1.82) is 0 Å². The van der Waals surface area contributed by atoms with Crippen LogP contribution in [0.25, 0.3) is 49.5 Å². The zero-order valence-corrected chi connectivity index (χ0v) is 16.7. The Hall–Kier alpha value is -4.45. The minimum atomic E-state index is -0.598. The Labute approximate surface area is 181 Å². The second-order valence-electron chi connectivity index (χ2n) is 7.56. The van der Waals surface area contributed by atoms with Gasteiger partial charge in [-0.3, -0.25) is 19.3 Å². The Morgan fingerprint density at radius 1 is 0.688 bits per heavy atom. The van der Waals surface area contributed by atoms with Gasteiger partial charge in [0.2, 0.25) is 5.95 Å². The molecule has 0 atom stereocenters. The summed E-state index contributed by atoms with van der Waals surface area (Å²) in [6.45, 7) is 0. The average molecular weight is 418 g/mol. The molecule has 152 valence electrons. The van der Waals surface area contributed by atoms with Crippen LogP contribution in [0.4, 0.5) is 4.39 Å². The predicted octanol–water partition coefficient (Wildman–Crippen LogP) is 5.29. The Morgan fingerprint density at radius 3 is 2.44 bits per heavy atom. The van der Waals surface area contributed by atoms with Gasteiger partial charge in [-0.25, -0.2) is 4.98 Å². The molecular formula is C26H15FN4O. The minimum Gasteiger partial charge on any atom is -0.275 e. The highest BCUT2D eigenvalue weighted by atomic mass is 19.1. The molecule has 0 radical (unpaired) electrons. The van der Waals surface area contributed by atoms with Crippen molar-refractivity contribution in [3.05, 3.63) is 108 Å². The van der Waals surface area contributed by atoms with Gasteiger partial charge >= 0.3 is 0 Å². The predicted molar refractivity (Wildman–Crippen MR) is 123 cm³/mol. The molecule has 0 unspecified atom stereocenters. The van der Waals surface area contributed by atoms with Gasteiger partial charge in [-0.05, 0) is 48.0 Å². The largest absolute Gasteiger partial charge is 0.275 e. The van der Waals surface area contributed by atoms with Gasteiger partial charge in [-0.2, -0.15) is 4.39 Å². The Morgan fingerprint density at radius 2 is 1.56 bits per heavy atom. The van der Waals surface area contributed by atoms with Crippen LogP contribution >= 0.6 is 0 Å². The third-order valence-electron chi connectivity index (χ3n) is 5.61. The molecule has 6 aromatic rings. The molecule has 2 aromatic carbocycles. The third-order valence-corrected chi connectivity index (χ3v) is 5.61. The van der Waals surface area contributed by atoms with Gasteiger partial charge in [0.25, 0.3) is 5.56 Å². The lowest BCUT2D eigenvalue weighted by Gasteiger charge is -2.13. The van der Waals surface area contributed by atoms with Gasteiger partial charge in [0.1, 0.15) is 0 Å². The second-order valence-corrected chi connectivity index (χ2v) is 7.56. The van der Waals surface area contributed by atoms with Crippen LogP contribution in [0.1, 0.15) is 0 Å². The van der Waals surface area contributed by atoms with E-state index in [1.807, 2.05) is 48.7 Å². The van der Waals surface area contributed by atoms with E-state index in [0.717, 1.165) is 38.3 Å². The fraction of sp³-hybridized carbons (Fsp3) is 0. The molecule has 5 nitrogen and oxygen atoms in total. The number of hydrogen-bond acceptors (Lipinski definition) is 4. The SMILES string of the molecule is O=c1ccc2cnc3ccc(-c4cnc5ccccc5c4)cc3c2n1-c1ccc(F)nc1. The summed E-state index contributed by atoms with van der Waals surface area (Å²) >= 11 is 0. The average Bonchev–Trinajstić information content (AvgIpc) is 2.84. The van der Waals surface area contributed by atoms with E-state index in [1.54, 1.807) is 22.9 Å². The lowest BCUT2D eigenvalue weighted by atomic mass is 10.0. The molecule has 4 aromatic heterocycles. The summed E-state index contributed by atoms with van der Waals surface area (Å²) in [7, 11) is 0. The van der Waals surface area contributed by atoms with Crippen molar-refractivity contribution in [2.24, 2.45) is 0 Å². The van der Waals surface area contributed by atoms with Crippen molar-refractivity contribution in [2.45, 2.75) is 0 Å². The van der Waals surface area contributed by atoms with Gasteiger partial charge in [0.15, 0.2) is 0 Å². The van der Waals surface area contributed by atoms with Gasteiger partial charge in [0, 0.05) is 40.2 Å². The number of aromatic nitrogens is 4. The van der Waals surface area contributed by atoms with E-state index in [0.29, 0.717) is 11.2 Å². The molecule has 0 saturated carbocycles. The molecule has 0 amide bonds. The van der Waals surface area contributed by atoms with Crippen molar-refractivity contribution in [2.75, 3.05) is 0 Å². The van der Waals surface area contributed by atoms with E-state index in [-0.39, 0.29) is 5.56 Å². The molecular weight excluding hydrogens is 403 g/mol. The first-order valence-electron chi connectivity index (χ1n) is 10.1. The number of rotatable bonds is 2. The van der Waals surface area contributed by atoms with Crippen molar-refractivity contribution >= 4 is 32.7 Å². The van der Waals surface area contributed by atoms with Gasteiger partial charge < -0.3 is 0 Å². The zero-order valence-electron chi connectivity index (χ0n) is 16.7. The maximum absolute atomic E-state index is 13.4. The quantitative estimate of drug-likeness (QED) is 0.283. The van der Waals surface area contributed by atoms with Gasteiger partial charge in [-0.15, -0.1) is 0 Å². The standard InChI is InChI=1S/C26H15FN4O/c27-24-9-7-20(15-30-24)31-25(32)10-6-18-13-29-23-8-5-16(12-21(23)26(18)31)19-11-17-3-1-2-4-22(17)28-14-19/h1-15H. The van der Waals surface area contributed by atoms with E-state index in [4.69, 9.17) is 0 Å². The molecule has 0 N–H and O–H groups in total. The van der Waals surface area contributed by atoms with Gasteiger partial charge in [-0.1, -0.05) is 24.3 Å². The Bertz CT molecular complexity index is 1710. The summed E-state index contributed by atoms with van der Waals surface area (Å²) in [6.07, 6.45) is 4.94. The van der Waals surface area contributed by atoms with Crippen molar-refractivity contribution in [3.8, 4) is 16.8 Å². The summed E-state index contributed by atoms with van der Waals surface area (Å²) < 4.78 is 15.0. The smallest absolute Gasteiger partial charge is 0.255 e. The molecule has 0 saturated heterocycles. The summed E-state index contributed by atoms with van der Waals surface area (Å²) in [5.74, 6) is -0.598. The summed E-state index contributed by atoms with van der Waals surface area (Å²) in [6, 6.07) is 22.0. The lowest BCUT2D eigenvalue weighted by molar-refractivity contribution is 0.583. The number of nitrogens with zero attached hydrogens (tertiary/aromatic N) is 4. The second kappa shape index (κ2) is 7.06. The van der Waals surface area contributed by atoms with Crippen LogP contribution in [0.2, 0.25) is 0 Å². The van der Waals surface area contributed by atoms with Crippen LogP contribution in [0, 0.1) is 5.95 Å². The molecule has 0 aliphatic heterocycles. The van der Waals surface area contributed by atoms with Crippen molar-refractivity contribution in [3.63, 3.8) is 0 Å². The van der Waals surface area contributed by atoms with Crippen molar-refractivity contribution in [1.82, 2.24) is 19.5 Å². The van der Waals surface area contributed by atoms with Crippen LogP contribution < -0.4 is 5.56 Å². The highest BCUT2D eigenvalue weighted by Crippen LogP contribution is 2.30. The first-order valence-corrected chi connectivity index (χ1v) is 10.1. The first kappa shape index (κ1) is 18.3. The number of halogens is 1. The summed E-state index contributed by atoms with van der Waals surface area (Å²) in [5.41, 5.74) is 4.59. The van der Waals surface area contributed by atoms with E-state index < -0.39 is 5.95 Å². The summed E-state index contributed by atoms with van der Waals surface area (Å²) in [5, 5.41) is 2.67. The topological polar surface area (TPSA) is 60.7 Å². The molecule has 6 rings (SSSR count). The molecule has 4 heterocycles. The van der Waals surface area contributed by atoms with Crippen LogP contribution in [0.3, 0.4) is 0 Å². The lowest BCUT2D eigenvalue weighted by Crippen LogP contribution is -2.18. The third kappa shape index (κ3) is 2.93. The number of para-hydroxylation sites is 1. The first-order chi connectivity index (χ1) is 15.7. The number of benzene rings is 2.